The fourth-order valence-corrected chi connectivity index (χ4v) is 2.60. The number of ether oxygens (including phenoxy) is 3. The van der Waals surface area contributed by atoms with Gasteiger partial charge in [-0.2, -0.15) is 0 Å². The molecule has 120 valence electrons. The van der Waals surface area contributed by atoms with Crippen molar-refractivity contribution >= 4 is 5.91 Å². The zero-order valence-electron chi connectivity index (χ0n) is 12.6. The van der Waals surface area contributed by atoms with Gasteiger partial charge < -0.3 is 19.5 Å². The van der Waals surface area contributed by atoms with Crippen LogP contribution in [0.2, 0.25) is 0 Å². The van der Waals surface area contributed by atoms with Gasteiger partial charge in [-0.3, -0.25) is 14.9 Å². The molecule has 0 unspecified atom stereocenters. The molecule has 1 aromatic rings. The Morgan fingerprint density at radius 2 is 1.73 bits per heavy atom. The van der Waals surface area contributed by atoms with Crippen molar-refractivity contribution < 1.29 is 23.9 Å². The van der Waals surface area contributed by atoms with Crippen LogP contribution in [-0.4, -0.2) is 38.2 Å². The third-order valence-corrected chi connectivity index (χ3v) is 3.71. The molecule has 22 heavy (non-hydrogen) atoms. The molecule has 1 aromatic carbocycles. The fraction of sp³-hybridized carbons (Fsp3) is 0.500. The predicted octanol–water partition coefficient (Wildman–Crippen LogP) is 1.31. The largest absolute Gasteiger partial charge is 0.496 e. The molecule has 1 saturated heterocycles. The van der Waals surface area contributed by atoms with Crippen molar-refractivity contribution in [2.45, 2.75) is 24.9 Å². The molecule has 1 amide bonds. The summed E-state index contributed by atoms with van der Waals surface area (Å²) < 4.78 is 15.7. The number of hydrogen-bond donors (Lipinski definition) is 1. The lowest BCUT2D eigenvalue weighted by Crippen LogP contribution is -2.45. The van der Waals surface area contributed by atoms with Crippen LogP contribution in [0.1, 0.15) is 24.4 Å². The van der Waals surface area contributed by atoms with Gasteiger partial charge in [-0.05, 0) is 6.07 Å². The summed E-state index contributed by atoms with van der Waals surface area (Å²) in [5, 5.41) is 14.0. The van der Waals surface area contributed by atoms with Crippen molar-refractivity contribution in [1.29, 1.82) is 0 Å². The Kier molecular flexibility index (Phi) is 4.69. The Bertz CT molecular complexity index is 589. The fourth-order valence-electron chi connectivity index (χ4n) is 2.60. The van der Waals surface area contributed by atoms with E-state index in [-0.39, 0.29) is 23.7 Å². The van der Waals surface area contributed by atoms with Crippen molar-refractivity contribution in [2.75, 3.05) is 21.3 Å². The average Bonchev–Trinajstić information content (AvgIpc) is 2.52. The lowest BCUT2D eigenvalue weighted by Gasteiger charge is -2.28. The van der Waals surface area contributed by atoms with Gasteiger partial charge in [0.05, 0.1) is 21.3 Å². The highest BCUT2D eigenvalue weighted by Crippen LogP contribution is 2.40. The van der Waals surface area contributed by atoms with E-state index in [1.807, 2.05) is 0 Å². The van der Waals surface area contributed by atoms with Gasteiger partial charge in [-0.1, -0.05) is 0 Å². The highest BCUT2D eigenvalue weighted by molar-refractivity contribution is 5.77. The topological polar surface area (TPSA) is 99.9 Å². The van der Waals surface area contributed by atoms with E-state index in [4.69, 9.17) is 14.2 Å². The number of carbonyl (C=O) groups excluding carboxylic acids is 1. The summed E-state index contributed by atoms with van der Waals surface area (Å²) >= 11 is 0. The minimum Gasteiger partial charge on any atom is -0.496 e. The Hall–Kier alpha value is -2.51. The summed E-state index contributed by atoms with van der Waals surface area (Å²) in [6.45, 7) is 0. The number of nitro groups is 1. The second-order valence-electron chi connectivity index (χ2n) is 4.89. The van der Waals surface area contributed by atoms with Gasteiger partial charge in [0, 0.05) is 29.4 Å². The molecule has 0 aliphatic carbocycles. The summed E-state index contributed by atoms with van der Waals surface area (Å²) in [6, 6.07) is 1.51. The van der Waals surface area contributed by atoms with Gasteiger partial charge in [-0.25, -0.2) is 0 Å². The molecule has 1 fully saturated rings. The molecule has 8 nitrogen and oxygen atoms in total. The molecular formula is C14H18N2O6. The van der Waals surface area contributed by atoms with Crippen LogP contribution < -0.4 is 19.5 Å². The highest BCUT2D eigenvalue weighted by atomic mass is 16.6. The van der Waals surface area contributed by atoms with Crippen molar-refractivity contribution in [1.82, 2.24) is 5.32 Å². The van der Waals surface area contributed by atoms with E-state index >= 15 is 0 Å². The van der Waals surface area contributed by atoms with Crippen LogP contribution in [0.25, 0.3) is 0 Å². The monoisotopic (exact) mass is 310 g/mol. The van der Waals surface area contributed by atoms with Crippen LogP contribution in [0.15, 0.2) is 12.1 Å². The van der Waals surface area contributed by atoms with Crippen molar-refractivity contribution in [3.63, 3.8) is 0 Å². The molecule has 1 heterocycles. The van der Waals surface area contributed by atoms with Crippen LogP contribution in [0, 0.1) is 10.1 Å². The Morgan fingerprint density at radius 1 is 1.14 bits per heavy atom. The predicted molar refractivity (Wildman–Crippen MR) is 77.0 cm³/mol. The molecule has 8 heteroatoms. The first kappa shape index (κ1) is 15.9. The smallest absolute Gasteiger partial charge is 0.237 e. The van der Waals surface area contributed by atoms with Crippen molar-refractivity contribution in [3.8, 4) is 17.2 Å². The number of hydrogen-bond acceptors (Lipinski definition) is 6. The zero-order chi connectivity index (χ0) is 16.3. The van der Waals surface area contributed by atoms with Gasteiger partial charge in [0.1, 0.15) is 11.8 Å². The molecule has 0 bridgehead atoms. The Labute approximate surface area is 127 Å². The average molecular weight is 310 g/mol. The second kappa shape index (κ2) is 6.50. The first-order valence-electron chi connectivity index (χ1n) is 6.74. The third-order valence-electron chi connectivity index (χ3n) is 3.71. The van der Waals surface area contributed by atoms with Gasteiger partial charge in [0.2, 0.25) is 11.9 Å². The van der Waals surface area contributed by atoms with E-state index in [1.54, 1.807) is 12.1 Å². The normalized spacial score (nSPS) is 21.0. The molecule has 1 aliphatic rings. The van der Waals surface area contributed by atoms with E-state index in [0.29, 0.717) is 22.8 Å². The van der Waals surface area contributed by atoms with Crippen LogP contribution in [0.3, 0.4) is 0 Å². The van der Waals surface area contributed by atoms with Gasteiger partial charge >= 0.3 is 0 Å². The van der Waals surface area contributed by atoms with E-state index in [9.17, 15) is 14.9 Å². The number of nitrogens with zero attached hydrogens (tertiary/aromatic N) is 1. The second-order valence-corrected chi connectivity index (χ2v) is 4.89. The van der Waals surface area contributed by atoms with Crippen molar-refractivity contribution in [2.24, 2.45) is 0 Å². The summed E-state index contributed by atoms with van der Waals surface area (Å²) in [6.07, 6.45) is 0.318. The van der Waals surface area contributed by atoms with Gasteiger partial charge in [0.15, 0.2) is 11.5 Å². The first-order valence-corrected chi connectivity index (χ1v) is 6.74. The zero-order valence-corrected chi connectivity index (χ0v) is 12.6. The van der Waals surface area contributed by atoms with Crippen molar-refractivity contribution in [3.05, 3.63) is 27.8 Å². The maximum Gasteiger partial charge on any atom is 0.237 e. The number of benzene rings is 1. The van der Waals surface area contributed by atoms with Crippen LogP contribution in [0.4, 0.5) is 0 Å². The minimum absolute atomic E-state index is 0.137. The number of rotatable bonds is 5. The maximum atomic E-state index is 11.7. The lowest BCUT2D eigenvalue weighted by atomic mass is 9.91. The molecule has 0 saturated carbocycles. The molecule has 0 radical (unpaired) electrons. The minimum atomic E-state index is -0.912. The van der Waals surface area contributed by atoms with Gasteiger partial charge in [0.25, 0.3) is 0 Å². The molecule has 0 aromatic heterocycles. The summed E-state index contributed by atoms with van der Waals surface area (Å²) in [5.74, 6) is 1.04. The Morgan fingerprint density at radius 3 is 2.27 bits per heavy atom. The van der Waals surface area contributed by atoms with Crippen LogP contribution >= 0.6 is 0 Å². The number of amides is 1. The molecule has 2 atom stereocenters. The lowest BCUT2D eigenvalue weighted by molar-refractivity contribution is -0.529. The van der Waals surface area contributed by atoms with Gasteiger partial charge in [-0.15, -0.1) is 0 Å². The molecule has 1 N–H and O–H groups in total. The number of carbonyl (C=O) groups is 1. The van der Waals surface area contributed by atoms with Crippen LogP contribution in [0.5, 0.6) is 17.2 Å². The highest BCUT2D eigenvalue weighted by Gasteiger charge is 2.40. The number of nitrogens with one attached hydrogen (secondary N) is 1. The summed E-state index contributed by atoms with van der Waals surface area (Å²) in [7, 11) is 4.41. The van der Waals surface area contributed by atoms with E-state index in [2.05, 4.69) is 5.32 Å². The SMILES string of the molecule is COc1cc(OC)c([C@H]2NC(=O)CC[C@H]2[N+](=O)[O-])cc1OC. The number of methoxy groups -OCH3 is 3. The molecule has 0 spiro atoms. The Balaban J connectivity index is 2.52. The molecular weight excluding hydrogens is 292 g/mol. The third kappa shape index (κ3) is 2.90. The summed E-state index contributed by atoms with van der Waals surface area (Å²) in [4.78, 5) is 22.6. The maximum absolute atomic E-state index is 11.7. The van der Waals surface area contributed by atoms with Crippen LogP contribution in [-0.2, 0) is 4.79 Å². The summed E-state index contributed by atoms with van der Waals surface area (Å²) in [5.41, 5.74) is 0.495. The van der Waals surface area contributed by atoms with E-state index < -0.39 is 12.1 Å². The van der Waals surface area contributed by atoms with E-state index in [1.165, 1.54) is 21.3 Å². The number of piperidine rings is 1. The standard InChI is InChI=1S/C14H18N2O6/c1-20-10-7-12(22-3)11(21-2)6-8(10)14-9(16(18)19)4-5-13(17)15-14/h6-7,9,14H,4-5H2,1-3H3,(H,15,17)/t9-,14-/m1/s1. The molecule has 1 aliphatic heterocycles. The first-order chi connectivity index (χ1) is 10.5. The van der Waals surface area contributed by atoms with E-state index in [0.717, 1.165) is 0 Å². The molecule has 2 rings (SSSR count). The quantitative estimate of drug-likeness (QED) is 0.650.